The summed E-state index contributed by atoms with van der Waals surface area (Å²) in [5, 5.41) is 0. The van der Waals surface area contributed by atoms with Gasteiger partial charge in [0, 0.05) is 26.2 Å². The van der Waals surface area contributed by atoms with Crippen LogP contribution in [0.2, 0.25) is 0 Å². The Labute approximate surface area is 151 Å². The molecular weight excluding hydrogens is 338 g/mol. The number of sulfonamides is 1. The van der Waals surface area contributed by atoms with Crippen molar-refractivity contribution in [2.75, 3.05) is 50.3 Å². The number of anilines is 1. The van der Waals surface area contributed by atoms with E-state index in [1.54, 1.807) is 11.0 Å². The SMILES string of the molecule is CN1CCN(C(=O)CN(c2ccccc2C(C)(C)C)S(C)(=O)=O)CC1. The average molecular weight is 368 g/mol. The third-order valence-electron chi connectivity index (χ3n) is 4.52. The maximum absolute atomic E-state index is 12.7. The van der Waals surface area contributed by atoms with E-state index in [1.165, 1.54) is 4.31 Å². The number of para-hydroxylation sites is 1. The maximum atomic E-state index is 12.7. The van der Waals surface area contributed by atoms with E-state index in [0.717, 1.165) is 24.9 Å². The summed E-state index contributed by atoms with van der Waals surface area (Å²) in [7, 11) is -1.55. The standard InChI is InChI=1S/C18H29N3O3S/c1-18(2,3)15-8-6-7-9-16(15)21(25(5,23)24)14-17(22)20-12-10-19(4)11-13-20/h6-9H,10-14H2,1-5H3. The van der Waals surface area contributed by atoms with Crippen LogP contribution < -0.4 is 4.31 Å². The van der Waals surface area contributed by atoms with Crippen molar-refractivity contribution in [1.82, 2.24) is 9.80 Å². The first-order valence-corrected chi connectivity index (χ1v) is 10.4. The van der Waals surface area contributed by atoms with Crippen LogP contribution >= 0.6 is 0 Å². The van der Waals surface area contributed by atoms with Gasteiger partial charge in [0.15, 0.2) is 0 Å². The molecule has 1 aromatic rings. The molecule has 1 amide bonds. The van der Waals surface area contributed by atoms with Crippen LogP contribution in [-0.4, -0.2) is 70.2 Å². The Morgan fingerprint density at radius 1 is 1.12 bits per heavy atom. The van der Waals surface area contributed by atoms with Gasteiger partial charge >= 0.3 is 0 Å². The predicted octanol–water partition coefficient (Wildman–Crippen LogP) is 1.52. The van der Waals surface area contributed by atoms with Crippen molar-refractivity contribution in [2.45, 2.75) is 26.2 Å². The van der Waals surface area contributed by atoms with E-state index >= 15 is 0 Å². The molecule has 0 aromatic heterocycles. The van der Waals surface area contributed by atoms with Gasteiger partial charge in [-0.15, -0.1) is 0 Å². The van der Waals surface area contributed by atoms with Crippen molar-refractivity contribution < 1.29 is 13.2 Å². The first-order valence-electron chi connectivity index (χ1n) is 8.53. The van der Waals surface area contributed by atoms with E-state index in [0.29, 0.717) is 18.8 Å². The van der Waals surface area contributed by atoms with Gasteiger partial charge in [-0.2, -0.15) is 0 Å². The van der Waals surface area contributed by atoms with Gasteiger partial charge in [-0.05, 0) is 24.1 Å². The van der Waals surface area contributed by atoms with Crippen molar-refractivity contribution in [2.24, 2.45) is 0 Å². The Morgan fingerprint density at radius 2 is 1.68 bits per heavy atom. The fourth-order valence-electron chi connectivity index (χ4n) is 2.99. The molecule has 0 aliphatic carbocycles. The second kappa shape index (κ2) is 7.33. The fourth-order valence-corrected chi connectivity index (χ4v) is 3.85. The Bertz CT molecular complexity index is 717. The Kier molecular flexibility index (Phi) is 5.79. The number of piperazine rings is 1. The minimum Gasteiger partial charge on any atom is -0.339 e. The molecule has 1 fully saturated rings. The lowest BCUT2D eigenvalue weighted by Gasteiger charge is -2.35. The highest BCUT2D eigenvalue weighted by Gasteiger charge is 2.29. The number of likely N-dealkylation sites (N-methyl/N-ethyl adjacent to an activating group) is 1. The molecule has 0 bridgehead atoms. The van der Waals surface area contributed by atoms with E-state index in [2.05, 4.69) is 4.90 Å². The van der Waals surface area contributed by atoms with Crippen LogP contribution in [-0.2, 0) is 20.2 Å². The molecule has 2 rings (SSSR count). The van der Waals surface area contributed by atoms with Gasteiger partial charge in [-0.1, -0.05) is 39.0 Å². The summed E-state index contributed by atoms with van der Waals surface area (Å²) in [6, 6.07) is 7.41. The second-order valence-corrected chi connectivity index (χ2v) is 9.63. The lowest BCUT2D eigenvalue weighted by molar-refractivity contribution is -0.131. The molecule has 25 heavy (non-hydrogen) atoms. The molecular formula is C18H29N3O3S. The fraction of sp³-hybridized carbons (Fsp3) is 0.611. The van der Waals surface area contributed by atoms with Crippen LogP contribution in [0.5, 0.6) is 0 Å². The lowest BCUT2D eigenvalue weighted by atomic mass is 9.86. The smallest absolute Gasteiger partial charge is 0.243 e. The van der Waals surface area contributed by atoms with Crippen molar-refractivity contribution >= 4 is 21.6 Å². The van der Waals surface area contributed by atoms with Crippen LogP contribution in [0.3, 0.4) is 0 Å². The molecule has 0 radical (unpaired) electrons. The molecule has 0 unspecified atom stereocenters. The third-order valence-corrected chi connectivity index (χ3v) is 5.64. The number of carbonyl (C=O) groups excluding carboxylic acids is 1. The van der Waals surface area contributed by atoms with E-state index in [9.17, 15) is 13.2 Å². The highest BCUT2D eigenvalue weighted by molar-refractivity contribution is 7.92. The van der Waals surface area contributed by atoms with Crippen LogP contribution in [0.1, 0.15) is 26.3 Å². The second-order valence-electron chi connectivity index (χ2n) is 7.72. The summed E-state index contributed by atoms with van der Waals surface area (Å²) in [4.78, 5) is 16.6. The van der Waals surface area contributed by atoms with E-state index in [-0.39, 0.29) is 17.9 Å². The van der Waals surface area contributed by atoms with Crippen LogP contribution in [0.4, 0.5) is 5.69 Å². The first kappa shape index (κ1) is 19.7. The van der Waals surface area contributed by atoms with Gasteiger partial charge in [0.1, 0.15) is 6.54 Å². The van der Waals surface area contributed by atoms with Gasteiger partial charge in [-0.3, -0.25) is 9.10 Å². The van der Waals surface area contributed by atoms with Crippen molar-refractivity contribution in [1.29, 1.82) is 0 Å². The van der Waals surface area contributed by atoms with E-state index < -0.39 is 10.0 Å². The van der Waals surface area contributed by atoms with E-state index in [4.69, 9.17) is 0 Å². The number of nitrogens with zero attached hydrogens (tertiary/aromatic N) is 3. The van der Waals surface area contributed by atoms with Crippen LogP contribution in [0.25, 0.3) is 0 Å². The van der Waals surface area contributed by atoms with Crippen LogP contribution in [0, 0.1) is 0 Å². The number of benzene rings is 1. The van der Waals surface area contributed by atoms with Crippen molar-refractivity contribution in [3.05, 3.63) is 29.8 Å². The molecule has 0 saturated carbocycles. The average Bonchev–Trinajstić information content (AvgIpc) is 2.51. The summed E-state index contributed by atoms with van der Waals surface area (Å²) in [5.74, 6) is -0.151. The Hall–Kier alpha value is -1.60. The molecule has 1 heterocycles. The number of rotatable bonds is 4. The summed E-state index contributed by atoms with van der Waals surface area (Å²) in [6.45, 7) is 8.83. The first-order chi connectivity index (χ1) is 11.5. The summed E-state index contributed by atoms with van der Waals surface area (Å²) < 4.78 is 26.1. The summed E-state index contributed by atoms with van der Waals surface area (Å²) >= 11 is 0. The monoisotopic (exact) mass is 367 g/mol. The van der Waals surface area contributed by atoms with Crippen LogP contribution in [0.15, 0.2) is 24.3 Å². The molecule has 7 heteroatoms. The summed E-state index contributed by atoms with van der Waals surface area (Å²) in [5.41, 5.74) is 1.27. The largest absolute Gasteiger partial charge is 0.339 e. The molecule has 0 spiro atoms. The topological polar surface area (TPSA) is 60.9 Å². The number of hydrogen-bond acceptors (Lipinski definition) is 4. The Morgan fingerprint density at radius 3 is 2.20 bits per heavy atom. The van der Waals surface area contributed by atoms with Gasteiger partial charge in [0.2, 0.25) is 15.9 Å². The number of carbonyl (C=O) groups is 1. The maximum Gasteiger partial charge on any atom is 0.243 e. The summed E-state index contributed by atoms with van der Waals surface area (Å²) in [6.07, 6.45) is 1.16. The minimum absolute atomic E-state index is 0.151. The minimum atomic E-state index is -3.57. The van der Waals surface area contributed by atoms with Gasteiger partial charge in [0.25, 0.3) is 0 Å². The third kappa shape index (κ3) is 4.95. The predicted molar refractivity (Wildman–Crippen MR) is 101 cm³/mol. The molecule has 1 aliphatic rings. The molecule has 1 saturated heterocycles. The highest BCUT2D eigenvalue weighted by atomic mass is 32.2. The van der Waals surface area contributed by atoms with Crippen molar-refractivity contribution in [3.63, 3.8) is 0 Å². The molecule has 0 N–H and O–H groups in total. The zero-order valence-corrected chi connectivity index (χ0v) is 16.6. The molecule has 0 atom stereocenters. The number of hydrogen-bond donors (Lipinski definition) is 0. The normalized spacial score (nSPS) is 16.8. The zero-order chi connectivity index (χ0) is 18.8. The van der Waals surface area contributed by atoms with E-state index in [1.807, 2.05) is 46.0 Å². The quantitative estimate of drug-likeness (QED) is 0.810. The zero-order valence-electron chi connectivity index (χ0n) is 15.8. The highest BCUT2D eigenvalue weighted by Crippen LogP contribution is 2.33. The van der Waals surface area contributed by atoms with Crippen molar-refractivity contribution in [3.8, 4) is 0 Å². The molecule has 1 aliphatic heterocycles. The van der Waals surface area contributed by atoms with Gasteiger partial charge < -0.3 is 9.80 Å². The van der Waals surface area contributed by atoms with Gasteiger partial charge in [-0.25, -0.2) is 8.42 Å². The molecule has 140 valence electrons. The Balaban J connectivity index is 2.32. The molecule has 1 aromatic carbocycles. The van der Waals surface area contributed by atoms with Gasteiger partial charge in [0.05, 0.1) is 11.9 Å². The molecule has 6 nitrogen and oxygen atoms in total. The number of amides is 1. The lowest BCUT2D eigenvalue weighted by Crippen LogP contribution is -2.51.